The van der Waals surface area contributed by atoms with E-state index in [4.69, 9.17) is 17.3 Å². The third-order valence-electron chi connectivity index (χ3n) is 4.32. The van der Waals surface area contributed by atoms with Crippen LogP contribution in [0.3, 0.4) is 0 Å². The molecule has 9 heteroatoms. The summed E-state index contributed by atoms with van der Waals surface area (Å²) in [7, 11) is -7.84. The monoisotopic (exact) mass is 462 g/mol. The lowest BCUT2D eigenvalue weighted by Gasteiger charge is -2.11. The Labute approximate surface area is 180 Å². The van der Waals surface area contributed by atoms with E-state index in [0.29, 0.717) is 0 Å². The highest BCUT2D eigenvalue weighted by molar-refractivity contribution is 7.92. The van der Waals surface area contributed by atoms with Crippen molar-refractivity contribution >= 4 is 42.8 Å². The Morgan fingerprint density at radius 2 is 1.40 bits per heavy atom. The Hall–Kier alpha value is -2.68. The van der Waals surface area contributed by atoms with Crippen LogP contribution < -0.4 is 5.73 Å². The molecule has 3 aromatic carbocycles. The van der Waals surface area contributed by atoms with Gasteiger partial charge in [-0.15, -0.1) is 11.6 Å². The molecule has 0 spiro atoms. The topological polar surface area (TPSA) is 107 Å². The van der Waals surface area contributed by atoms with Gasteiger partial charge >= 0.3 is 0 Å². The normalized spacial score (nSPS) is 12.7. The number of hydrogen-bond acceptors (Lipinski definition) is 5. The molecule has 0 radical (unpaired) electrons. The van der Waals surface area contributed by atoms with Crippen LogP contribution in [0.4, 0.5) is 5.69 Å². The summed E-state index contributed by atoms with van der Waals surface area (Å²) in [6, 6.07) is 17.8. The molecule has 0 atom stereocenters. The van der Waals surface area contributed by atoms with Crippen LogP contribution in [0.15, 0.2) is 97.4 Å². The van der Waals surface area contributed by atoms with Crippen LogP contribution >= 0.6 is 11.6 Å². The molecule has 0 aliphatic rings. The standard InChI is InChI=1S/C21H19ClN2O4S2/c1-15-7-9-17(10-8-15)30(27,28)20-12-11-18(13-19(20)24-21(23)14-22)29(25,26)16-5-3-2-4-6-16/h2-13H,14H2,1H3,(H2,23,24). The van der Waals surface area contributed by atoms with E-state index in [1.54, 1.807) is 30.3 Å². The molecule has 156 valence electrons. The molecule has 0 saturated heterocycles. The van der Waals surface area contributed by atoms with E-state index < -0.39 is 19.7 Å². The lowest BCUT2D eigenvalue weighted by Crippen LogP contribution is -2.13. The molecular weight excluding hydrogens is 444 g/mol. The highest BCUT2D eigenvalue weighted by Gasteiger charge is 2.25. The molecule has 0 aromatic heterocycles. The van der Waals surface area contributed by atoms with Gasteiger partial charge in [0.1, 0.15) is 5.84 Å². The van der Waals surface area contributed by atoms with Gasteiger partial charge in [0.25, 0.3) is 0 Å². The minimum atomic E-state index is -3.97. The van der Waals surface area contributed by atoms with Crippen molar-refractivity contribution in [3.8, 4) is 0 Å². The van der Waals surface area contributed by atoms with Gasteiger partial charge in [0.2, 0.25) is 19.7 Å². The molecule has 0 saturated carbocycles. The number of rotatable bonds is 6. The molecule has 3 aromatic rings. The summed E-state index contributed by atoms with van der Waals surface area (Å²) in [4.78, 5) is 3.96. The fourth-order valence-corrected chi connectivity index (χ4v) is 5.48. The number of amidine groups is 1. The van der Waals surface area contributed by atoms with Gasteiger partial charge < -0.3 is 5.73 Å². The lowest BCUT2D eigenvalue weighted by atomic mass is 10.2. The first-order valence-corrected chi connectivity index (χ1v) is 12.3. The van der Waals surface area contributed by atoms with Gasteiger partial charge in [0.15, 0.2) is 0 Å². The van der Waals surface area contributed by atoms with E-state index in [9.17, 15) is 16.8 Å². The first kappa shape index (κ1) is 22.0. The maximum atomic E-state index is 13.2. The fraction of sp³-hybridized carbons (Fsp3) is 0.0952. The predicted molar refractivity (Wildman–Crippen MR) is 117 cm³/mol. The molecule has 0 amide bonds. The molecule has 0 unspecified atom stereocenters. The van der Waals surface area contributed by atoms with Crippen molar-refractivity contribution in [1.29, 1.82) is 0 Å². The molecule has 0 heterocycles. The van der Waals surface area contributed by atoms with E-state index in [2.05, 4.69) is 4.99 Å². The zero-order valence-corrected chi connectivity index (χ0v) is 18.4. The summed E-state index contributed by atoms with van der Waals surface area (Å²) in [6.45, 7) is 1.84. The van der Waals surface area contributed by atoms with Crippen LogP contribution in [-0.4, -0.2) is 28.6 Å². The molecule has 3 rings (SSSR count). The van der Waals surface area contributed by atoms with Crippen molar-refractivity contribution in [2.45, 2.75) is 26.5 Å². The highest BCUT2D eigenvalue weighted by atomic mass is 35.5. The third kappa shape index (κ3) is 4.40. The summed E-state index contributed by atoms with van der Waals surface area (Å²) in [5.41, 5.74) is 6.53. The van der Waals surface area contributed by atoms with Gasteiger partial charge in [-0.3, -0.25) is 0 Å². The van der Waals surface area contributed by atoms with Crippen molar-refractivity contribution in [2.75, 3.05) is 5.88 Å². The average Bonchev–Trinajstić information content (AvgIpc) is 2.74. The molecule has 0 fully saturated rings. The predicted octanol–water partition coefficient (Wildman–Crippen LogP) is 3.89. The second kappa shape index (κ2) is 8.59. The summed E-state index contributed by atoms with van der Waals surface area (Å²) >= 11 is 5.71. The second-order valence-electron chi connectivity index (χ2n) is 6.50. The minimum absolute atomic E-state index is 0.0359. The van der Waals surface area contributed by atoms with Crippen LogP contribution in [0.25, 0.3) is 0 Å². The van der Waals surface area contributed by atoms with Crippen LogP contribution in [0.5, 0.6) is 0 Å². The Morgan fingerprint density at radius 1 is 0.833 bits per heavy atom. The first-order chi connectivity index (χ1) is 14.2. The Bertz CT molecular complexity index is 1300. The number of halogens is 1. The van der Waals surface area contributed by atoms with Crippen LogP contribution in [0.2, 0.25) is 0 Å². The Kier molecular flexibility index (Phi) is 6.30. The van der Waals surface area contributed by atoms with Gasteiger partial charge in [0, 0.05) is 0 Å². The molecule has 30 heavy (non-hydrogen) atoms. The maximum absolute atomic E-state index is 13.2. The van der Waals surface area contributed by atoms with Crippen LogP contribution in [0.1, 0.15) is 5.56 Å². The van der Waals surface area contributed by atoms with Gasteiger partial charge in [-0.05, 0) is 49.4 Å². The fourth-order valence-electron chi connectivity index (χ4n) is 2.74. The van der Waals surface area contributed by atoms with E-state index in [1.165, 1.54) is 42.5 Å². The van der Waals surface area contributed by atoms with Gasteiger partial charge in [-0.1, -0.05) is 35.9 Å². The molecule has 0 bridgehead atoms. The zero-order chi connectivity index (χ0) is 21.9. The third-order valence-corrected chi connectivity index (χ3v) is 8.17. The van der Waals surface area contributed by atoms with Crippen molar-refractivity contribution in [1.82, 2.24) is 0 Å². The molecule has 0 aliphatic heterocycles. The largest absolute Gasteiger partial charge is 0.386 e. The van der Waals surface area contributed by atoms with Crippen molar-refractivity contribution < 1.29 is 16.8 Å². The van der Waals surface area contributed by atoms with Gasteiger partial charge in [0.05, 0.1) is 31.1 Å². The van der Waals surface area contributed by atoms with Crippen molar-refractivity contribution in [3.05, 3.63) is 78.4 Å². The minimum Gasteiger partial charge on any atom is -0.386 e. The number of nitrogens with two attached hydrogens (primary N) is 1. The van der Waals surface area contributed by atoms with Gasteiger partial charge in [-0.25, -0.2) is 21.8 Å². The molecule has 0 aliphatic carbocycles. The van der Waals surface area contributed by atoms with E-state index >= 15 is 0 Å². The van der Waals surface area contributed by atoms with Gasteiger partial charge in [-0.2, -0.15) is 0 Å². The summed E-state index contributed by atoms with van der Waals surface area (Å²) in [5, 5.41) is 0. The number of aliphatic imine (C=N–C) groups is 1. The number of aryl methyl sites for hydroxylation is 1. The highest BCUT2D eigenvalue weighted by Crippen LogP contribution is 2.33. The lowest BCUT2D eigenvalue weighted by molar-refractivity contribution is 0.592. The van der Waals surface area contributed by atoms with Crippen LogP contribution in [0, 0.1) is 6.92 Å². The smallest absolute Gasteiger partial charge is 0.208 e. The molecular formula is C21H19ClN2O4S2. The molecule has 2 N–H and O–H groups in total. The number of nitrogens with zero attached hydrogens (tertiary/aromatic N) is 1. The molecule has 6 nitrogen and oxygen atoms in total. The zero-order valence-electron chi connectivity index (χ0n) is 16.0. The summed E-state index contributed by atoms with van der Waals surface area (Å²) in [5.74, 6) is -0.175. The average molecular weight is 463 g/mol. The SMILES string of the molecule is Cc1ccc(S(=O)(=O)c2ccc(S(=O)(=O)c3ccccc3)cc2N=C(N)CCl)cc1. The van der Waals surface area contributed by atoms with Crippen molar-refractivity contribution in [3.63, 3.8) is 0 Å². The number of hydrogen-bond donors (Lipinski definition) is 1. The van der Waals surface area contributed by atoms with Crippen LogP contribution in [-0.2, 0) is 19.7 Å². The summed E-state index contributed by atoms with van der Waals surface area (Å²) < 4.78 is 52.3. The number of sulfone groups is 2. The quantitative estimate of drug-likeness (QED) is 0.339. The van der Waals surface area contributed by atoms with E-state index in [0.717, 1.165) is 5.56 Å². The second-order valence-corrected chi connectivity index (χ2v) is 10.6. The Morgan fingerprint density at radius 3 is 2.00 bits per heavy atom. The van der Waals surface area contributed by atoms with E-state index in [1.807, 2.05) is 6.92 Å². The first-order valence-electron chi connectivity index (χ1n) is 8.81. The number of alkyl halides is 1. The number of benzene rings is 3. The van der Waals surface area contributed by atoms with Crippen molar-refractivity contribution in [2.24, 2.45) is 10.7 Å². The Balaban J connectivity index is 2.22. The summed E-state index contributed by atoms with van der Waals surface area (Å²) in [6.07, 6.45) is 0. The maximum Gasteiger partial charge on any atom is 0.208 e. The van der Waals surface area contributed by atoms with E-state index in [-0.39, 0.29) is 37.0 Å².